The minimum atomic E-state index is -0.216. The molecule has 5 rings (SSSR count). The van der Waals surface area contributed by atoms with Crippen LogP contribution in [0.4, 0.5) is 4.39 Å². The highest BCUT2D eigenvalue weighted by atomic mass is 19.1. The monoisotopic (exact) mass is 383 g/mol. The fraction of sp³-hybridized carbons (Fsp3) is 0.192. The van der Waals surface area contributed by atoms with E-state index in [0.717, 1.165) is 44.1 Å². The number of nitrogens with zero attached hydrogens (tertiary/aromatic N) is 1. The molecule has 0 aliphatic heterocycles. The van der Waals surface area contributed by atoms with E-state index in [1.165, 1.54) is 0 Å². The lowest BCUT2D eigenvalue weighted by Crippen LogP contribution is -2.04. The molecule has 0 amide bonds. The minimum Gasteiger partial charge on any atom is -0.455 e. The van der Waals surface area contributed by atoms with E-state index in [9.17, 15) is 0 Å². The molecule has 0 aliphatic carbocycles. The van der Waals surface area contributed by atoms with Crippen molar-refractivity contribution in [3.63, 3.8) is 0 Å². The molecule has 0 N–H and O–H groups in total. The average Bonchev–Trinajstić information content (AvgIpc) is 3.08. The number of para-hydroxylation sites is 1. The van der Waals surface area contributed by atoms with Gasteiger partial charge in [0.1, 0.15) is 11.2 Å². The van der Waals surface area contributed by atoms with Crippen molar-refractivity contribution in [3.8, 4) is 11.3 Å². The van der Waals surface area contributed by atoms with Crippen LogP contribution >= 0.6 is 0 Å². The fourth-order valence-corrected chi connectivity index (χ4v) is 4.16. The van der Waals surface area contributed by atoms with Gasteiger partial charge in [-0.2, -0.15) is 0 Å². The quantitative estimate of drug-likeness (QED) is 0.323. The molecule has 3 aromatic carbocycles. The number of halogens is 1. The molecule has 0 fully saturated rings. The van der Waals surface area contributed by atoms with Gasteiger partial charge >= 0.3 is 0 Å². The number of fused-ring (bicyclic) bond motifs is 4. The Morgan fingerprint density at radius 3 is 2.34 bits per heavy atom. The van der Waals surface area contributed by atoms with E-state index in [0.29, 0.717) is 23.4 Å². The van der Waals surface area contributed by atoms with E-state index in [2.05, 4.69) is 39.0 Å². The highest BCUT2D eigenvalue weighted by molar-refractivity contribution is 6.11. The first-order chi connectivity index (χ1) is 14.0. The third kappa shape index (κ3) is 2.89. The molecule has 2 nitrogen and oxygen atoms in total. The Labute approximate surface area is 169 Å². The van der Waals surface area contributed by atoms with Gasteiger partial charge in [-0.1, -0.05) is 56.3 Å². The summed E-state index contributed by atoms with van der Waals surface area (Å²) >= 11 is 0. The average molecular weight is 383 g/mol. The maximum Gasteiger partial charge on any atom is 0.152 e. The summed E-state index contributed by atoms with van der Waals surface area (Å²) < 4.78 is 21.5. The molecular weight excluding hydrogens is 361 g/mol. The Bertz CT molecular complexity index is 1380. The second-order valence-corrected chi connectivity index (χ2v) is 8.15. The van der Waals surface area contributed by atoms with Crippen molar-refractivity contribution in [1.29, 1.82) is 0 Å². The molecule has 0 unspecified atom stereocenters. The highest BCUT2D eigenvalue weighted by Crippen LogP contribution is 2.39. The largest absolute Gasteiger partial charge is 0.455 e. The van der Waals surface area contributed by atoms with Crippen LogP contribution in [0.25, 0.3) is 44.0 Å². The first kappa shape index (κ1) is 17.9. The van der Waals surface area contributed by atoms with Crippen molar-refractivity contribution in [2.24, 2.45) is 5.92 Å². The molecular formula is C26H22FNO. The number of rotatable bonds is 3. The van der Waals surface area contributed by atoms with Crippen LogP contribution in [0.15, 0.2) is 65.1 Å². The third-order valence-corrected chi connectivity index (χ3v) is 5.40. The van der Waals surface area contributed by atoms with Crippen molar-refractivity contribution >= 4 is 32.7 Å². The first-order valence-corrected chi connectivity index (χ1v) is 10.0. The van der Waals surface area contributed by atoms with Gasteiger partial charge in [0.05, 0.1) is 11.4 Å². The SMILES string of the molecule is Cc1cc(-c2nc(CC(C)C)c(F)c3ccccc23)c2oc3ccccc3c2c1. The number of pyridine rings is 1. The molecule has 0 bridgehead atoms. The Kier molecular flexibility index (Phi) is 4.13. The van der Waals surface area contributed by atoms with Gasteiger partial charge in [-0.25, -0.2) is 9.37 Å². The van der Waals surface area contributed by atoms with Gasteiger partial charge in [-0.05, 0) is 43.0 Å². The molecule has 2 heterocycles. The summed E-state index contributed by atoms with van der Waals surface area (Å²) in [6.45, 7) is 6.24. The third-order valence-electron chi connectivity index (χ3n) is 5.40. The number of hydrogen-bond donors (Lipinski definition) is 0. The number of hydrogen-bond acceptors (Lipinski definition) is 2. The summed E-state index contributed by atoms with van der Waals surface area (Å²) in [7, 11) is 0. The molecule has 0 spiro atoms. The molecule has 0 saturated carbocycles. The van der Waals surface area contributed by atoms with Gasteiger partial charge in [-0.3, -0.25) is 0 Å². The van der Waals surface area contributed by atoms with E-state index in [1.54, 1.807) is 0 Å². The summed E-state index contributed by atoms with van der Waals surface area (Å²) in [5, 5.41) is 3.57. The van der Waals surface area contributed by atoms with E-state index >= 15 is 4.39 Å². The first-order valence-electron chi connectivity index (χ1n) is 10.0. The number of aryl methyl sites for hydroxylation is 1. The Morgan fingerprint density at radius 2 is 1.59 bits per heavy atom. The highest BCUT2D eigenvalue weighted by Gasteiger charge is 2.20. The molecule has 29 heavy (non-hydrogen) atoms. The van der Waals surface area contributed by atoms with Gasteiger partial charge in [0.2, 0.25) is 0 Å². The van der Waals surface area contributed by atoms with Crippen LogP contribution in [0.1, 0.15) is 25.1 Å². The van der Waals surface area contributed by atoms with Crippen molar-refractivity contribution in [1.82, 2.24) is 4.98 Å². The zero-order valence-corrected chi connectivity index (χ0v) is 16.8. The van der Waals surface area contributed by atoms with Crippen LogP contribution in [0, 0.1) is 18.7 Å². The second kappa shape index (κ2) is 6.70. The predicted octanol–water partition coefficient (Wildman–Crippen LogP) is 7.45. The topological polar surface area (TPSA) is 26.0 Å². The molecule has 2 aromatic heterocycles. The summed E-state index contributed by atoms with van der Waals surface area (Å²) in [5.74, 6) is 0.0984. The second-order valence-electron chi connectivity index (χ2n) is 8.15. The normalized spacial score (nSPS) is 11.9. The lowest BCUT2D eigenvalue weighted by Gasteiger charge is -2.13. The number of aromatic nitrogens is 1. The van der Waals surface area contributed by atoms with E-state index < -0.39 is 0 Å². The lowest BCUT2D eigenvalue weighted by atomic mass is 9.97. The minimum absolute atomic E-state index is 0.216. The summed E-state index contributed by atoms with van der Waals surface area (Å²) in [6.07, 6.45) is 0.596. The van der Waals surface area contributed by atoms with Gasteiger partial charge < -0.3 is 4.42 Å². The van der Waals surface area contributed by atoms with Crippen molar-refractivity contribution in [2.75, 3.05) is 0 Å². The standard InChI is InChI=1S/C26H22FNO/c1-15(2)12-22-24(27)18-9-4-5-10-19(18)25(28-22)21-14-16(3)13-20-17-8-6-7-11-23(17)29-26(20)21/h4-11,13-15H,12H2,1-3H3. The fourth-order valence-electron chi connectivity index (χ4n) is 4.16. The number of benzene rings is 3. The maximum atomic E-state index is 15.2. The molecule has 0 atom stereocenters. The smallest absolute Gasteiger partial charge is 0.152 e. The summed E-state index contributed by atoms with van der Waals surface area (Å²) in [4.78, 5) is 4.84. The Hall–Kier alpha value is -3.20. The summed E-state index contributed by atoms with van der Waals surface area (Å²) in [5.41, 5.74) is 4.99. The molecule has 144 valence electrons. The van der Waals surface area contributed by atoms with Crippen molar-refractivity contribution < 1.29 is 8.81 Å². The van der Waals surface area contributed by atoms with E-state index in [4.69, 9.17) is 9.40 Å². The lowest BCUT2D eigenvalue weighted by molar-refractivity contribution is 0.568. The van der Waals surface area contributed by atoms with Crippen molar-refractivity contribution in [3.05, 3.63) is 77.7 Å². The van der Waals surface area contributed by atoms with Crippen LogP contribution in [-0.4, -0.2) is 4.98 Å². The molecule has 5 aromatic rings. The van der Waals surface area contributed by atoms with Crippen LogP contribution in [0.2, 0.25) is 0 Å². The van der Waals surface area contributed by atoms with Crippen molar-refractivity contribution in [2.45, 2.75) is 27.2 Å². The van der Waals surface area contributed by atoms with Gasteiger partial charge in [0, 0.05) is 27.1 Å². The summed E-state index contributed by atoms with van der Waals surface area (Å²) in [6, 6.07) is 19.9. The zero-order chi connectivity index (χ0) is 20.1. The zero-order valence-electron chi connectivity index (χ0n) is 16.8. The van der Waals surface area contributed by atoms with Gasteiger partial charge in [0.15, 0.2) is 5.82 Å². The van der Waals surface area contributed by atoms with Crippen LogP contribution in [-0.2, 0) is 6.42 Å². The van der Waals surface area contributed by atoms with Gasteiger partial charge in [-0.15, -0.1) is 0 Å². The Balaban J connectivity index is 1.91. The van der Waals surface area contributed by atoms with Gasteiger partial charge in [0.25, 0.3) is 0 Å². The van der Waals surface area contributed by atoms with Crippen LogP contribution in [0.5, 0.6) is 0 Å². The Morgan fingerprint density at radius 1 is 0.897 bits per heavy atom. The molecule has 0 radical (unpaired) electrons. The molecule has 0 saturated heterocycles. The molecule has 3 heteroatoms. The van der Waals surface area contributed by atoms with E-state index in [-0.39, 0.29) is 5.82 Å². The van der Waals surface area contributed by atoms with E-state index in [1.807, 2.05) is 42.5 Å². The van der Waals surface area contributed by atoms with Crippen LogP contribution < -0.4 is 0 Å². The predicted molar refractivity (Wildman–Crippen MR) is 118 cm³/mol. The van der Waals surface area contributed by atoms with Crippen LogP contribution in [0.3, 0.4) is 0 Å². The maximum absolute atomic E-state index is 15.2. The molecule has 0 aliphatic rings. The number of furan rings is 1.